The topological polar surface area (TPSA) is 66.8 Å². The van der Waals surface area contributed by atoms with E-state index in [9.17, 15) is 13.6 Å². The number of aromatic hydroxyl groups is 2. The average Bonchev–Trinajstić information content (AvgIpc) is 2.22. The summed E-state index contributed by atoms with van der Waals surface area (Å²) in [5.41, 5.74) is 0. The van der Waals surface area contributed by atoms with Crippen LogP contribution in [0.15, 0.2) is 24.3 Å². The lowest BCUT2D eigenvalue weighted by molar-refractivity contribution is -0.160. The fourth-order valence-corrected chi connectivity index (χ4v) is 0.732. The first-order valence-electron chi connectivity index (χ1n) is 4.50. The summed E-state index contributed by atoms with van der Waals surface area (Å²) in [5.74, 6) is -1.85. The van der Waals surface area contributed by atoms with E-state index in [0.29, 0.717) is 0 Å². The zero-order valence-corrected chi connectivity index (χ0v) is 9.62. The minimum Gasteiger partial charge on any atom is -0.504 e. The van der Waals surface area contributed by atoms with E-state index in [1.54, 1.807) is 12.1 Å². The molecule has 17 heavy (non-hydrogen) atoms. The second-order valence-electron chi connectivity index (χ2n) is 2.71. The van der Waals surface area contributed by atoms with Crippen LogP contribution in [0.2, 0.25) is 0 Å². The molecule has 0 unspecified atom stereocenters. The zero-order valence-electron chi connectivity index (χ0n) is 8.86. The maximum atomic E-state index is 11.6. The molecule has 0 spiro atoms. The zero-order chi connectivity index (χ0) is 13.5. The Hall–Kier alpha value is -1.56. The lowest BCUT2D eigenvalue weighted by Gasteiger charge is -2.04. The van der Waals surface area contributed by atoms with Gasteiger partial charge in [0.2, 0.25) is 0 Å². The van der Waals surface area contributed by atoms with E-state index in [1.807, 2.05) is 0 Å². The number of ether oxygens (including phenoxy) is 1. The largest absolute Gasteiger partial charge is 0.504 e. The number of hydrogen-bond acceptors (Lipinski definition) is 4. The minimum atomic E-state index is -3.88. The highest BCUT2D eigenvalue weighted by Gasteiger charge is 2.37. The number of carbonyl (C=O) groups is 1. The van der Waals surface area contributed by atoms with E-state index in [0.717, 1.165) is 0 Å². The molecule has 0 aromatic heterocycles. The fourth-order valence-electron chi connectivity index (χ4n) is 0.677. The Morgan fingerprint density at radius 1 is 1.35 bits per heavy atom. The van der Waals surface area contributed by atoms with Gasteiger partial charge >= 0.3 is 11.4 Å². The summed E-state index contributed by atoms with van der Waals surface area (Å²) in [7, 11) is 0. The van der Waals surface area contributed by atoms with Gasteiger partial charge in [-0.25, -0.2) is 4.79 Å². The molecule has 4 nitrogen and oxygen atoms in total. The van der Waals surface area contributed by atoms with E-state index < -0.39 is 11.4 Å². The van der Waals surface area contributed by atoms with Gasteiger partial charge in [-0.3, -0.25) is 0 Å². The van der Waals surface area contributed by atoms with Gasteiger partial charge in [-0.15, -0.1) is 0 Å². The van der Waals surface area contributed by atoms with Crippen LogP contribution in [0.5, 0.6) is 11.5 Å². The van der Waals surface area contributed by atoms with Gasteiger partial charge in [-0.05, 0) is 30.7 Å². The lowest BCUT2D eigenvalue weighted by Crippen LogP contribution is -2.23. The van der Waals surface area contributed by atoms with E-state index in [4.69, 9.17) is 10.2 Å². The summed E-state index contributed by atoms with van der Waals surface area (Å²) in [4.78, 5) is 9.96. The maximum absolute atomic E-state index is 11.6. The van der Waals surface area contributed by atoms with Gasteiger partial charge in [0.25, 0.3) is 0 Å². The van der Waals surface area contributed by atoms with Crippen LogP contribution >= 0.6 is 11.6 Å². The Morgan fingerprint density at radius 3 is 1.94 bits per heavy atom. The van der Waals surface area contributed by atoms with Crippen LogP contribution in [0.25, 0.3) is 0 Å². The number of phenols is 2. The summed E-state index contributed by atoms with van der Waals surface area (Å²) in [6, 6.07) is 6.15. The van der Waals surface area contributed by atoms with Gasteiger partial charge in [0.15, 0.2) is 11.5 Å². The molecule has 0 aliphatic carbocycles. The highest BCUT2D eigenvalue weighted by Crippen LogP contribution is 2.21. The average molecular weight is 269 g/mol. The molecular weight excluding hydrogens is 258 g/mol. The lowest BCUT2D eigenvalue weighted by atomic mass is 10.3. The Kier molecular flexibility index (Phi) is 6.27. The number of para-hydroxylation sites is 2. The Labute approximate surface area is 101 Å². The quantitative estimate of drug-likeness (QED) is 0.491. The monoisotopic (exact) mass is 268 g/mol. The first-order chi connectivity index (χ1) is 7.79. The van der Waals surface area contributed by atoms with Gasteiger partial charge < -0.3 is 14.9 Å². The van der Waals surface area contributed by atoms with Crippen molar-refractivity contribution >= 4 is 17.6 Å². The Morgan fingerprint density at radius 2 is 1.76 bits per heavy atom. The van der Waals surface area contributed by atoms with Crippen molar-refractivity contribution in [3.05, 3.63) is 24.3 Å². The third-order valence-electron chi connectivity index (χ3n) is 1.39. The van der Waals surface area contributed by atoms with Crippen molar-refractivity contribution in [1.29, 1.82) is 0 Å². The summed E-state index contributed by atoms with van der Waals surface area (Å²) >= 11 is 4.25. The molecule has 96 valence electrons. The Bertz CT molecular complexity index is 345. The van der Waals surface area contributed by atoms with Crippen molar-refractivity contribution in [3.8, 4) is 11.5 Å². The van der Waals surface area contributed by atoms with Crippen LogP contribution < -0.4 is 0 Å². The molecule has 2 N–H and O–H groups in total. The highest BCUT2D eigenvalue weighted by atomic mass is 35.5. The summed E-state index contributed by atoms with van der Waals surface area (Å²) in [6.07, 6.45) is 0. The van der Waals surface area contributed by atoms with Crippen LogP contribution in [-0.4, -0.2) is 28.2 Å². The molecule has 0 fully saturated rings. The molecule has 0 radical (unpaired) electrons. The maximum Gasteiger partial charge on any atom is 0.417 e. The first kappa shape index (κ1) is 15.4. The second kappa shape index (κ2) is 6.90. The Balaban J connectivity index is 0.000000302. The van der Waals surface area contributed by atoms with E-state index >= 15 is 0 Å². The molecule has 0 saturated carbocycles. The third kappa shape index (κ3) is 6.57. The predicted molar refractivity (Wildman–Crippen MR) is 57.2 cm³/mol. The third-order valence-corrected chi connectivity index (χ3v) is 1.54. The molecule has 1 aromatic rings. The molecule has 0 heterocycles. The number of hydrogen-bond donors (Lipinski definition) is 2. The number of rotatable bonds is 2. The van der Waals surface area contributed by atoms with Crippen molar-refractivity contribution in [1.82, 2.24) is 0 Å². The summed E-state index contributed by atoms with van der Waals surface area (Å²) < 4.78 is 27.1. The fraction of sp³-hybridized carbons (Fsp3) is 0.300. The highest BCUT2D eigenvalue weighted by molar-refractivity contribution is 6.31. The van der Waals surface area contributed by atoms with Crippen molar-refractivity contribution in [2.75, 3.05) is 6.61 Å². The smallest absolute Gasteiger partial charge is 0.417 e. The van der Waals surface area contributed by atoms with Gasteiger partial charge in [0, 0.05) is 0 Å². The number of esters is 1. The number of halogens is 3. The van der Waals surface area contributed by atoms with Crippen LogP contribution in [0, 0.1) is 0 Å². The minimum absolute atomic E-state index is 0.0764. The number of carbonyl (C=O) groups excluding carboxylic acids is 1. The first-order valence-corrected chi connectivity index (χ1v) is 4.87. The van der Waals surface area contributed by atoms with Gasteiger partial charge in [0.05, 0.1) is 6.61 Å². The second-order valence-corrected chi connectivity index (χ2v) is 3.18. The number of phenolic OH excluding ortho intramolecular Hbond substituents is 2. The molecule has 0 amide bonds. The van der Waals surface area contributed by atoms with Crippen molar-refractivity contribution < 1.29 is 28.5 Å². The van der Waals surface area contributed by atoms with Crippen molar-refractivity contribution in [2.45, 2.75) is 12.3 Å². The molecular formula is C10H11ClF2O4. The molecule has 0 aliphatic heterocycles. The van der Waals surface area contributed by atoms with Crippen LogP contribution in [0.3, 0.4) is 0 Å². The molecule has 0 saturated heterocycles. The normalized spacial score (nSPS) is 10.1. The standard InChI is InChI=1S/C6H6O2.C4H5ClF2O2/c7-5-3-1-2-4-6(5)8;1-2-9-3(8)4(5,6)7/h1-4,7-8H;2H2,1H3. The van der Waals surface area contributed by atoms with Gasteiger partial charge in [-0.1, -0.05) is 12.1 Å². The number of alkyl halides is 3. The van der Waals surface area contributed by atoms with Crippen molar-refractivity contribution in [2.24, 2.45) is 0 Å². The molecule has 0 bridgehead atoms. The van der Waals surface area contributed by atoms with E-state index in [2.05, 4.69) is 16.3 Å². The summed E-state index contributed by atoms with van der Waals surface area (Å²) in [6.45, 7) is 1.32. The molecule has 7 heteroatoms. The summed E-state index contributed by atoms with van der Waals surface area (Å²) in [5, 5.41) is 13.5. The SMILES string of the molecule is CCOC(=O)C(F)(F)Cl.Oc1ccccc1O. The number of benzene rings is 1. The van der Waals surface area contributed by atoms with Crippen LogP contribution in [0.1, 0.15) is 6.92 Å². The van der Waals surface area contributed by atoms with Crippen molar-refractivity contribution in [3.63, 3.8) is 0 Å². The van der Waals surface area contributed by atoms with Gasteiger partial charge in [-0.2, -0.15) is 8.78 Å². The van der Waals surface area contributed by atoms with E-state index in [1.165, 1.54) is 19.1 Å². The predicted octanol–water partition coefficient (Wildman–Crippen LogP) is 2.48. The van der Waals surface area contributed by atoms with Gasteiger partial charge in [0.1, 0.15) is 0 Å². The molecule has 0 atom stereocenters. The van der Waals surface area contributed by atoms with Crippen LogP contribution in [-0.2, 0) is 9.53 Å². The van der Waals surface area contributed by atoms with Crippen LogP contribution in [0.4, 0.5) is 8.78 Å². The van der Waals surface area contributed by atoms with E-state index in [-0.39, 0.29) is 18.1 Å². The molecule has 1 aromatic carbocycles. The molecule has 0 aliphatic rings. The molecule has 1 rings (SSSR count).